The Balaban J connectivity index is 2.40. The van der Waals surface area contributed by atoms with E-state index in [0.717, 1.165) is 30.6 Å². The number of ether oxygens (including phenoxy) is 1. The van der Waals surface area contributed by atoms with Crippen LogP contribution in [0.25, 0.3) is 0 Å². The lowest BCUT2D eigenvalue weighted by molar-refractivity contribution is -0.00274. The fraction of sp³-hybridized carbons (Fsp3) is 0.571. The molecule has 3 heteroatoms. The van der Waals surface area contributed by atoms with Gasteiger partial charge in [-0.3, -0.25) is 0 Å². The SMILES string of the molecule is Cc1cc(C)c(C(N)C2(C)CCCO2)c(F)c1. The highest BCUT2D eigenvalue weighted by Crippen LogP contribution is 2.38. The molecule has 2 nitrogen and oxygen atoms in total. The van der Waals surface area contributed by atoms with E-state index in [9.17, 15) is 4.39 Å². The molecular formula is C14H20FNO. The summed E-state index contributed by atoms with van der Waals surface area (Å²) >= 11 is 0. The van der Waals surface area contributed by atoms with Crippen LogP contribution in [0.1, 0.15) is 42.5 Å². The van der Waals surface area contributed by atoms with Crippen molar-refractivity contribution in [1.82, 2.24) is 0 Å². The number of aryl methyl sites for hydroxylation is 2. The Hall–Kier alpha value is -0.930. The summed E-state index contributed by atoms with van der Waals surface area (Å²) in [5.74, 6) is -0.216. The van der Waals surface area contributed by atoms with Gasteiger partial charge >= 0.3 is 0 Å². The predicted octanol–water partition coefficient (Wildman–Crippen LogP) is 3.01. The number of rotatable bonds is 2. The number of halogens is 1. The third-order valence-corrected chi connectivity index (χ3v) is 3.70. The van der Waals surface area contributed by atoms with E-state index in [4.69, 9.17) is 10.5 Å². The van der Waals surface area contributed by atoms with Crippen molar-refractivity contribution < 1.29 is 9.13 Å². The van der Waals surface area contributed by atoms with E-state index in [-0.39, 0.29) is 5.82 Å². The van der Waals surface area contributed by atoms with Crippen LogP contribution in [0.2, 0.25) is 0 Å². The second-order valence-corrected chi connectivity index (χ2v) is 5.22. The van der Waals surface area contributed by atoms with Crippen molar-refractivity contribution in [2.75, 3.05) is 6.61 Å². The first-order valence-electron chi connectivity index (χ1n) is 6.10. The van der Waals surface area contributed by atoms with Gasteiger partial charge in [0.25, 0.3) is 0 Å². The summed E-state index contributed by atoms with van der Waals surface area (Å²) in [7, 11) is 0. The van der Waals surface area contributed by atoms with Crippen molar-refractivity contribution >= 4 is 0 Å². The summed E-state index contributed by atoms with van der Waals surface area (Å²) in [6.07, 6.45) is 1.89. The summed E-state index contributed by atoms with van der Waals surface area (Å²) in [6.45, 7) is 6.49. The van der Waals surface area contributed by atoms with Crippen LogP contribution in [0.15, 0.2) is 12.1 Å². The Kier molecular flexibility index (Phi) is 3.23. The molecule has 2 rings (SSSR count). The number of benzene rings is 1. The van der Waals surface area contributed by atoms with Crippen LogP contribution in [0.4, 0.5) is 4.39 Å². The van der Waals surface area contributed by atoms with Crippen molar-refractivity contribution in [3.05, 3.63) is 34.6 Å². The van der Waals surface area contributed by atoms with Crippen LogP contribution in [0, 0.1) is 19.7 Å². The van der Waals surface area contributed by atoms with E-state index < -0.39 is 11.6 Å². The molecule has 0 spiro atoms. The van der Waals surface area contributed by atoms with E-state index in [1.807, 2.05) is 26.8 Å². The maximum atomic E-state index is 14.0. The van der Waals surface area contributed by atoms with Crippen LogP contribution < -0.4 is 5.73 Å². The molecule has 1 aromatic rings. The number of hydrogen-bond donors (Lipinski definition) is 1. The third-order valence-electron chi connectivity index (χ3n) is 3.70. The zero-order valence-corrected chi connectivity index (χ0v) is 10.7. The average molecular weight is 237 g/mol. The smallest absolute Gasteiger partial charge is 0.128 e. The van der Waals surface area contributed by atoms with E-state index in [0.29, 0.717) is 5.56 Å². The molecule has 0 aliphatic carbocycles. The molecule has 1 aliphatic heterocycles. The molecule has 0 amide bonds. The van der Waals surface area contributed by atoms with Gasteiger partial charge in [0.2, 0.25) is 0 Å². The van der Waals surface area contributed by atoms with Gasteiger partial charge in [-0.05, 0) is 50.8 Å². The maximum absolute atomic E-state index is 14.0. The van der Waals surface area contributed by atoms with Gasteiger partial charge in [0.05, 0.1) is 11.6 Å². The van der Waals surface area contributed by atoms with Crippen LogP contribution >= 0.6 is 0 Å². The molecule has 0 radical (unpaired) electrons. The van der Waals surface area contributed by atoms with Crippen molar-refractivity contribution in [2.24, 2.45) is 5.73 Å². The Morgan fingerprint density at radius 1 is 1.41 bits per heavy atom. The lowest BCUT2D eigenvalue weighted by atomic mass is 9.85. The molecule has 0 bridgehead atoms. The topological polar surface area (TPSA) is 35.2 Å². The first-order valence-corrected chi connectivity index (χ1v) is 6.10. The molecule has 17 heavy (non-hydrogen) atoms. The minimum Gasteiger partial charge on any atom is -0.373 e. The van der Waals surface area contributed by atoms with Gasteiger partial charge in [-0.1, -0.05) is 6.07 Å². The Labute approximate surface area is 102 Å². The quantitative estimate of drug-likeness (QED) is 0.858. The highest BCUT2D eigenvalue weighted by atomic mass is 19.1. The molecule has 94 valence electrons. The molecule has 1 aliphatic rings. The molecular weight excluding hydrogens is 217 g/mol. The zero-order valence-electron chi connectivity index (χ0n) is 10.7. The van der Waals surface area contributed by atoms with Crippen LogP contribution in [-0.4, -0.2) is 12.2 Å². The molecule has 2 unspecified atom stereocenters. The average Bonchev–Trinajstić information content (AvgIpc) is 2.64. The van der Waals surface area contributed by atoms with E-state index in [2.05, 4.69) is 0 Å². The van der Waals surface area contributed by atoms with Gasteiger partial charge in [0, 0.05) is 12.2 Å². The summed E-state index contributed by atoms with van der Waals surface area (Å²) in [5, 5.41) is 0. The van der Waals surface area contributed by atoms with Gasteiger partial charge in [0.1, 0.15) is 5.82 Å². The van der Waals surface area contributed by atoms with Crippen molar-refractivity contribution in [3.63, 3.8) is 0 Å². The van der Waals surface area contributed by atoms with Crippen LogP contribution in [0.5, 0.6) is 0 Å². The second kappa shape index (κ2) is 4.39. The third kappa shape index (κ3) is 2.22. The van der Waals surface area contributed by atoms with Crippen molar-refractivity contribution in [3.8, 4) is 0 Å². The summed E-state index contributed by atoms with van der Waals surface area (Å²) in [5.41, 5.74) is 8.22. The summed E-state index contributed by atoms with van der Waals surface area (Å²) in [4.78, 5) is 0. The highest BCUT2D eigenvalue weighted by molar-refractivity contribution is 5.35. The van der Waals surface area contributed by atoms with Crippen molar-refractivity contribution in [2.45, 2.75) is 45.3 Å². The summed E-state index contributed by atoms with van der Waals surface area (Å²) in [6, 6.07) is 3.11. The fourth-order valence-electron chi connectivity index (χ4n) is 2.67. The van der Waals surface area contributed by atoms with Gasteiger partial charge in [0.15, 0.2) is 0 Å². The van der Waals surface area contributed by atoms with Crippen molar-refractivity contribution in [1.29, 1.82) is 0 Å². The molecule has 1 saturated heterocycles. The minimum atomic E-state index is -0.430. The standard InChI is InChI=1S/C14H20FNO/c1-9-7-10(2)12(11(15)8-9)13(16)14(3)5-4-6-17-14/h7-8,13H,4-6,16H2,1-3H3. The number of hydrogen-bond acceptors (Lipinski definition) is 2. The molecule has 0 saturated carbocycles. The normalized spacial score (nSPS) is 26.2. The van der Waals surface area contributed by atoms with E-state index in [1.165, 1.54) is 0 Å². The van der Waals surface area contributed by atoms with Gasteiger partial charge in [-0.25, -0.2) is 4.39 Å². The lowest BCUT2D eigenvalue weighted by Crippen LogP contribution is -2.38. The first-order chi connectivity index (χ1) is 7.94. The lowest BCUT2D eigenvalue weighted by Gasteiger charge is -2.32. The molecule has 1 fully saturated rings. The molecule has 2 N–H and O–H groups in total. The highest BCUT2D eigenvalue weighted by Gasteiger charge is 2.38. The van der Waals surface area contributed by atoms with Crippen LogP contribution in [-0.2, 0) is 4.74 Å². The second-order valence-electron chi connectivity index (χ2n) is 5.22. The Morgan fingerprint density at radius 2 is 2.12 bits per heavy atom. The Morgan fingerprint density at radius 3 is 2.65 bits per heavy atom. The largest absolute Gasteiger partial charge is 0.373 e. The zero-order chi connectivity index (χ0) is 12.6. The van der Waals surface area contributed by atoms with Gasteiger partial charge in [-0.15, -0.1) is 0 Å². The van der Waals surface area contributed by atoms with E-state index >= 15 is 0 Å². The molecule has 2 atom stereocenters. The molecule has 1 heterocycles. The molecule has 1 aromatic carbocycles. The fourth-order valence-corrected chi connectivity index (χ4v) is 2.67. The first kappa shape index (κ1) is 12.5. The molecule has 0 aromatic heterocycles. The monoisotopic (exact) mass is 237 g/mol. The van der Waals surface area contributed by atoms with E-state index in [1.54, 1.807) is 6.07 Å². The number of nitrogens with two attached hydrogens (primary N) is 1. The van der Waals surface area contributed by atoms with Crippen LogP contribution in [0.3, 0.4) is 0 Å². The predicted molar refractivity (Wildman–Crippen MR) is 66.4 cm³/mol. The maximum Gasteiger partial charge on any atom is 0.128 e. The van der Waals surface area contributed by atoms with Gasteiger partial charge < -0.3 is 10.5 Å². The Bertz CT molecular complexity index is 401. The summed E-state index contributed by atoms with van der Waals surface area (Å²) < 4.78 is 19.8. The minimum absolute atomic E-state index is 0.216. The van der Waals surface area contributed by atoms with Gasteiger partial charge in [-0.2, -0.15) is 0 Å².